The van der Waals surface area contributed by atoms with E-state index in [1.165, 1.54) is 6.42 Å². The average Bonchev–Trinajstić information content (AvgIpc) is 2.78. The van der Waals surface area contributed by atoms with Crippen LogP contribution >= 0.6 is 0 Å². The first kappa shape index (κ1) is 17.2. The minimum atomic E-state index is -3.04. The van der Waals surface area contributed by atoms with E-state index < -0.39 is 21.2 Å². The second-order valence-electron chi connectivity index (χ2n) is 7.01. The molecule has 0 spiro atoms. The van der Waals surface area contributed by atoms with Gasteiger partial charge in [0.05, 0.1) is 11.5 Å². The maximum atomic E-state index is 12.4. The van der Waals surface area contributed by atoms with Crippen LogP contribution in [0.1, 0.15) is 52.4 Å². The predicted octanol–water partition coefficient (Wildman–Crippen LogP) is 0.765. The van der Waals surface area contributed by atoms with Crippen LogP contribution in [0.4, 0.5) is 0 Å². The van der Waals surface area contributed by atoms with Crippen LogP contribution < -0.4 is 10.6 Å². The van der Waals surface area contributed by atoms with E-state index in [1.807, 2.05) is 0 Å². The fourth-order valence-corrected chi connectivity index (χ4v) is 4.66. The number of carbonyl (C=O) groups excluding carboxylic acids is 2. The minimum absolute atomic E-state index is 0.0287. The van der Waals surface area contributed by atoms with Gasteiger partial charge in [-0.25, -0.2) is 8.42 Å². The lowest BCUT2D eigenvalue weighted by atomic mass is 9.88. The molecule has 1 aliphatic heterocycles. The summed E-state index contributed by atoms with van der Waals surface area (Å²) in [6.45, 7) is 3.17. The van der Waals surface area contributed by atoms with Gasteiger partial charge < -0.3 is 10.6 Å². The van der Waals surface area contributed by atoms with Crippen LogP contribution in [0.25, 0.3) is 0 Å². The number of amides is 2. The first-order chi connectivity index (χ1) is 10.2. The molecule has 1 aliphatic carbocycles. The fraction of sp³-hybridized carbons (Fsp3) is 0.867. The molecule has 2 amide bonds. The van der Waals surface area contributed by atoms with E-state index in [2.05, 4.69) is 10.6 Å². The highest BCUT2D eigenvalue weighted by Crippen LogP contribution is 2.22. The standard InChI is InChI=1S/C15H26N2O4S/c1-15(2,13(18)16-11-6-4-3-5-7-11)14(19)17-12-8-9-22(20,21)10-12/h11-12H,3-10H2,1-2H3,(H,16,18)(H,17,19). The monoisotopic (exact) mass is 330 g/mol. The molecule has 1 saturated carbocycles. The van der Waals surface area contributed by atoms with Gasteiger partial charge in [-0.15, -0.1) is 0 Å². The molecule has 1 heterocycles. The summed E-state index contributed by atoms with van der Waals surface area (Å²) in [6, 6.07) is -0.223. The molecule has 7 heteroatoms. The molecular weight excluding hydrogens is 304 g/mol. The van der Waals surface area contributed by atoms with Gasteiger partial charge in [-0.05, 0) is 33.1 Å². The summed E-state index contributed by atoms with van der Waals surface area (Å²) >= 11 is 0. The number of nitrogens with one attached hydrogen (secondary N) is 2. The van der Waals surface area contributed by atoms with Crippen LogP contribution in [0.5, 0.6) is 0 Å². The fourth-order valence-electron chi connectivity index (χ4n) is 2.99. The Morgan fingerprint density at radius 3 is 1.95 bits per heavy atom. The van der Waals surface area contributed by atoms with E-state index in [4.69, 9.17) is 0 Å². The molecule has 126 valence electrons. The third kappa shape index (κ3) is 4.21. The van der Waals surface area contributed by atoms with E-state index >= 15 is 0 Å². The average molecular weight is 330 g/mol. The Morgan fingerprint density at radius 1 is 0.909 bits per heavy atom. The molecular formula is C15H26N2O4S. The maximum Gasteiger partial charge on any atom is 0.235 e. The highest BCUT2D eigenvalue weighted by molar-refractivity contribution is 7.91. The quantitative estimate of drug-likeness (QED) is 0.745. The van der Waals surface area contributed by atoms with Gasteiger partial charge in [0.15, 0.2) is 9.84 Å². The second kappa shape index (κ2) is 6.56. The number of hydrogen-bond acceptors (Lipinski definition) is 4. The molecule has 22 heavy (non-hydrogen) atoms. The SMILES string of the molecule is CC(C)(C(=O)NC1CCCCC1)C(=O)NC1CCS(=O)(=O)C1. The van der Waals surface area contributed by atoms with Crippen molar-refractivity contribution in [1.29, 1.82) is 0 Å². The number of carbonyl (C=O) groups is 2. The summed E-state index contributed by atoms with van der Waals surface area (Å²) in [5.41, 5.74) is -1.19. The van der Waals surface area contributed by atoms with Gasteiger partial charge in [0.1, 0.15) is 5.41 Å². The normalized spacial score (nSPS) is 25.6. The Labute approximate surface area is 132 Å². The molecule has 1 unspecified atom stereocenters. The third-order valence-electron chi connectivity index (χ3n) is 4.64. The molecule has 0 radical (unpaired) electrons. The Bertz CT molecular complexity index is 536. The highest BCUT2D eigenvalue weighted by atomic mass is 32.2. The summed E-state index contributed by atoms with van der Waals surface area (Å²) in [6.07, 6.45) is 5.77. The lowest BCUT2D eigenvalue weighted by Crippen LogP contribution is -2.52. The van der Waals surface area contributed by atoms with Gasteiger partial charge in [0.2, 0.25) is 11.8 Å². The molecule has 2 rings (SSSR count). The number of rotatable bonds is 4. The zero-order valence-corrected chi connectivity index (χ0v) is 14.2. The molecule has 1 saturated heterocycles. The summed E-state index contributed by atoms with van der Waals surface area (Å²) in [4.78, 5) is 24.7. The van der Waals surface area contributed by atoms with E-state index in [0.29, 0.717) is 6.42 Å². The Balaban J connectivity index is 1.90. The van der Waals surface area contributed by atoms with Crippen molar-refractivity contribution >= 4 is 21.7 Å². The Morgan fingerprint density at radius 2 is 1.45 bits per heavy atom. The summed E-state index contributed by atoms with van der Waals surface area (Å²) < 4.78 is 22.9. The molecule has 6 nitrogen and oxygen atoms in total. The van der Waals surface area contributed by atoms with E-state index in [-0.39, 0.29) is 29.5 Å². The van der Waals surface area contributed by atoms with Crippen molar-refractivity contribution in [2.45, 2.75) is 64.5 Å². The summed E-state index contributed by atoms with van der Waals surface area (Å²) in [5, 5.41) is 5.68. The van der Waals surface area contributed by atoms with Crippen LogP contribution in [0.15, 0.2) is 0 Å². The van der Waals surface area contributed by atoms with Gasteiger partial charge in [0, 0.05) is 12.1 Å². The Kier molecular flexibility index (Phi) is 5.14. The summed E-state index contributed by atoms with van der Waals surface area (Å²) in [5.74, 6) is -0.605. The Hall–Kier alpha value is -1.11. The van der Waals surface area contributed by atoms with Crippen molar-refractivity contribution in [3.05, 3.63) is 0 Å². The van der Waals surface area contributed by atoms with Crippen molar-refractivity contribution in [3.8, 4) is 0 Å². The second-order valence-corrected chi connectivity index (χ2v) is 9.24. The molecule has 2 N–H and O–H groups in total. The van der Waals surface area contributed by atoms with Crippen molar-refractivity contribution in [2.24, 2.45) is 5.41 Å². The first-order valence-corrected chi connectivity index (χ1v) is 9.85. The van der Waals surface area contributed by atoms with Gasteiger partial charge in [-0.2, -0.15) is 0 Å². The van der Waals surface area contributed by atoms with Gasteiger partial charge in [0.25, 0.3) is 0 Å². The molecule has 0 aromatic heterocycles. The molecule has 2 fully saturated rings. The van der Waals surface area contributed by atoms with Gasteiger partial charge in [-0.3, -0.25) is 9.59 Å². The molecule has 0 aromatic rings. The van der Waals surface area contributed by atoms with E-state index in [1.54, 1.807) is 13.8 Å². The van der Waals surface area contributed by atoms with Crippen molar-refractivity contribution in [2.75, 3.05) is 11.5 Å². The smallest absolute Gasteiger partial charge is 0.235 e. The first-order valence-electron chi connectivity index (χ1n) is 8.03. The number of sulfone groups is 1. The molecule has 0 aromatic carbocycles. The zero-order valence-electron chi connectivity index (χ0n) is 13.4. The van der Waals surface area contributed by atoms with Crippen molar-refractivity contribution < 1.29 is 18.0 Å². The zero-order chi connectivity index (χ0) is 16.4. The van der Waals surface area contributed by atoms with Crippen LogP contribution in [-0.4, -0.2) is 43.8 Å². The van der Waals surface area contributed by atoms with Crippen molar-refractivity contribution in [3.63, 3.8) is 0 Å². The lowest BCUT2D eigenvalue weighted by Gasteiger charge is -2.29. The van der Waals surface area contributed by atoms with Crippen LogP contribution in [0.3, 0.4) is 0 Å². The highest BCUT2D eigenvalue weighted by Gasteiger charge is 2.39. The third-order valence-corrected chi connectivity index (χ3v) is 6.41. The summed E-state index contributed by atoms with van der Waals surface area (Å²) in [7, 11) is -3.04. The van der Waals surface area contributed by atoms with Gasteiger partial charge in [-0.1, -0.05) is 19.3 Å². The largest absolute Gasteiger partial charge is 0.352 e. The topological polar surface area (TPSA) is 92.3 Å². The predicted molar refractivity (Wildman–Crippen MR) is 84.0 cm³/mol. The van der Waals surface area contributed by atoms with Crippen LogP contribution in [0.2, 0.25) is 0 Å². The minimum Gasteiger partial charge on any atom is -0.352 e. The van der Waals surface area contributed by atoms with Crippen molar-refractivity contribution in [1.82, 2.24) is 10.6 Å². The molecule has 1 atom stereocenters. The number of hydrogen-bond donors (Lipinski definition) is 2. The van der Waals surface area contributed by atoms with Gasteiger partial charge >= 0.3 is 0 Å². The maximum absolute atomic E-state index is 12.4. The molecule has 0 bridgehead atoms. The van der Waals surface area contributed by atoms with E-state index in [9.17, 15) is 18.0 Å². The van der Waals surface area contributed by atoms with E-state index in [0.717, 1.165) is 25.7 Å². The molecule has 2 aliphatic rings. The van der Waals surface area contributed by atoms with Crippen LogP contribution in [-0.2, 0) is 19.4 Å². The lowest BCUT2D eigenvalue weighted by molar-refractivity contribution is -0.142. The van der Waals surface area contributed by atoms with Crippen LogP contribution in [0, 0.1) is 5.41 Å².